The van der Waals surface area contributed by atoms with Crippen LogP contribution in [0.1, 0.15) is 24.4 Å². The topological polar surface area (TPSA) is 71.1 Å². The molecule has 7 heteroatoms. The predicted molar refractivity (Wildman–Crippen MR) is 94.9 cm³/mol. The molecule has 1 aliphatic carbocycles. The number of methoxy groups -OCH3 is 2. The third-order valence-corrected chi connectivity index (χ3v) is 5.32. The summed E-state index contributed by atoms with van der Waals surface area (Å²) < 4.78 is 10.7. The summed E-state index contributed by atoms with van der Waals surface area (Å²) in [5.41, 5.74) is 2.20. The summed E-state index contributed by atoms with van der Waals surface area (Å²) in [5.74, 6) is 1.85. The number of nitrogens with one attached hydrogen (secondary N) is 1. The number of ether oxygens (including phenoxy) is 2. The van der Waals surface area contributed by atoms with Crippen molar-refractivity contribution in [1.29, 1.82) is 0 Å². The highest BCUT2D eigenvalue weighted by molar-refractivity contribution is 6.01. The molecule has 1 atom stereocenters. The second-order valence-electron chi connectivity index (χ2n) is 7.08. The minimum Gasteiger partial charge on any atom is -0.497 e. The Hall–Kier alpha value is -2.70. The number of amides is 3. The molecule has 7 nitrogen and oxygen atoms in total. The number of carbonyl (C=O) groups excluding carboxylic acids is 2. The first-order chi connectivity index (χ1) is 12.5. The molecule has 1 aromatic rings. The first-order valence-electron chi connectivity index (χ1n) is 8.81. The van der Waals surface area contributed by atoms with Gasteiger partial charge in [-0.15, -0.1) is 0 Å². The number of carbonyl (C=O) groups is 2. The van der Waals surface area contributed by atoms with Crippen LogP contribution < -0.4 is 14.8 Å². The number of benzene rings is 1. The molecule has 3 aliphatic rings. The van der Waals surface area contributed by atoms with Gasteiger partial charge in [0.1, 0.15) is 11.5 Å². The second kappa shape index (κ2) is 6.23. The van der Waals surface area contributed by atoms with Crippen LogP contribution in [0, 0.1) is 5.92 Å². The van der Waals surface area contributed by atoms with E-state index in [4.69, 9.17) is 9.47 Å². The average Bonchev–Trinajstić information content (AvgIpc) is 3.41. The molecule has 3 amide bonds. The van der Waals surface area contributed by atoms with Crippen LogP contribution in [-0.2, 0) is 4.79 Å². The SMILES string of the molecule is COc1cc(OC)cc([C@@H]2NC(=O)N(C)C3=C2C(=O)N(CC2CC2)C3)c1. The van der Waals surface area contributed by atoms with E-state index in [0.29, 0.717) is 29.5 Å². The predicted octanol–water partition coefficient (Wildman–Crippen LogP) is 1.91. The molecular weight excluding hydrogens is 334 g/mol. The summed E-state index contributed by atoms with van der Waals surface area (Å²) in [6.45, 7) is 1.26. The van der Waals surface area contributed by atoms with Gasteiger partial charge in [0.2, 0.25) is 0 Å². The van der Waals surface area contributed by atoms with Gasteiger partial charge in [-0.05, 0) is 36.5 Å². The van der Waals surface area contributed by atoms with Gasteiger partial charge in [0.25, 0.3) is 5.91 Å². The minimum absolute atomic E-state index is 0.00513. The first kappa shape index (κ1) is 16.8. The Morgan fingerprint density at radius 2 is 1.77 bits per heavy atom. The molecule has 0 unspecified atom stereocenters. The zero-order chi connectivity index (χ0) is 18.4. The molecule has 0 spiro atoms. The summed E-state index contributed by atoms with van der Waals surface area (Å²) in [6, 6.07) is 4.72. The lowest BCUT2D eigenvalue weighted by molar-refractivity contribution is -0.126. The van der Waals surface area contributed by atoms with Gasteiger partial charge in [0.15, 0.2) is 0 Å². The summed E-state index contributed by atoms with van der Waals surface area (Å²) in [4.78, 5) is 29.0. The van der Waals surface area contributed by atoms with Crippen molar-refractivity contribution in [1.82, 2.24) is 15.1 Å². The molecule has 4 rings (SSSR count). The molecular formula is C19H23N3O4. The van der Waals surface area contributed by atoms with Crippen molar-refractivity contribution >= 4 is 11.9 Å². The fourth-order valence-electron chi connectivity index (χ4n) is 3.63. The van der Waals surface area contributed by atoms with Crippen LogP contribution in [0.15, 0.2) is 29.5 Å². The lowest BCUT2D eigenvalue weighted by Crippen LogP contribution is -2.45. The van der Waals surface area contributed by atoms with E-state index in [0.717, 1.165) is 17.8 Å². The van der Waals surface area contributed by atoms with Crippen molar-refractivity contribution in [3.05, 3.63) is 35.0 Å². The van der Waals surface area contributed by atoms with Crippen LogP contribution in [0.2, 0.25) is 0 Å². The molecule has 138 valence electrons. The zero-order valence-corrected chi connectivity index (χ0v) is 15.2. The smallest absolute Gasteiger partial charge is 0.322 e. The lowest BCUT2D eigenvalue weighted by atomic mass is 9.95. The van der Waals surface area contributed by atoms with Crippen molar-refractivity contribution in [3.63, 3.8) is 0 Å². The van der Waals surface area contributed by atoms with E-state index in [2.05, 4.69) is 5.32 Å². The van der Waals surface area contributed by atoms with E-state index in [1.54, 1.807) is 32.2 Å². The third-order valence-electron chi connectivity index (χ3n) is 5.32. The molecule has 0 aromatic heterocycles. The van der Waals surface area contributed by atoms with Crippen molar-refractivity contribution in [2.45, 2.75) is 18.9 Å². The lowest BCUT2D eigenvalue weighted by Gasteiger charge is -2.31. The number of rotatable bonds is 5. The van der Waals surface area contributed by atoms with E-state index in [-0.39, 0.29) is 11.9 Å². The summed E-state index contributed by atoms with van der Waals surface area (Å²) in [5, 5.41) is 2.95. The molecule has 2 heterocycles. The standard InChI is InChI=1S/C19H23N3O4/c1-21-15-10-22(9-11-4-5-11)18(23)16(15)17(20-19(21)24)12-6-13(25-2)8-14(7-12)26-3/h6-8,11,17H,4-5,9-10H2,1-3H3,(H,20,24)/t17-/m0/s1. The maximum Gasteiger partial charge on any atom is 0.322 e. The van der Waals surface area contributed by atoms with Crippen LogP contribution in [0.4, 0.5) is 4.79 Å². The monoisotopic (exact) mass is 357 g/mol. The molecule has 1 N–H and O–H groups in total. The van der Waals surface area contributed by atoms with Gasteiger partial charge >= 0.3 is 6.03 Å². The highest BCUT2D eigenvalue weighted by Crippen LogP contribution is 2.39. The van der Waals surface area contributed by atoms with Gasteiger partial charge < -0.3 is 19.7 Å². The van der Waals surface area contributed by atoms with E-state index in [1.165, 1.54) is 12.8 Å². The van der Waals surface area contributed by atoms with Crippen LogP contribution in [0.25, 0.3) is 0 Å². The number of hydrogen-bond acceptors (Lipinski definition) is 4. The van der Waals surface area contributed by atoms with Crippen molar-refractivity contribution in [2.75, 3.05) is 34.4 Å². The van der Waals surface area contributed by atoms with E-state index < -0.39 is 6.04 Å². The molecule has 1 saturated carbocycles. The fourth-order valence-corrected chi connectivity index (χ4v) is 3.63. The first-order valence-corrected chi connectivity index (χ1v) is 8.81. The van der Waals surface area contributed by atoms with Crippen molar-refractivity contribution in [3.8, 4) is 11.5 Å². The molecule has 0 saturated heterocycles. The largest absolute Gasteiger partial charge is 0.497 e. The maximum atomic E-state index is 13.1. The Labute approximate surface area is 152 Å². The Balaban J connectivity index is 1.73. The Kier molecular flexibility index (Phi) is 4.01. The van der Waals surface area contributed by atoms with Gasteiger partial charge in [-0.1, -0.05) is 0 Å². The van der Waals surface area contributed by atoms with Gasteiger partial charge in [-0.2, -0.15) is 0 Å². The number of nitrogens with zero attached hydrogens (tertiary/aromatic N) is 2. The van der Waals surface area contributed by atoms with Crippen LogP contribution >= 0.6 is 0 Å². The van der Waals surface area contributed by atoms with Gasteiger partial charge in [0.05, 0.1) is 38.1 Å². The number of likely N-dealkylation sites (N-methyl/N-ethyl adjacent to an activating group) is 1. The fraction of sp³-hybridized carbons (Fsp3) is 0.474. The van der Waals surface area contributed by atoms with E-state index in [9.17, 15) is 9.59 Å². The number of urea groups is 1. The maximum absolute atomic E-state index is 13.1. The van der Waals surface area contributed by atoms with Crippen molar-refractivity contribution < 1.29 is 19.1 Å². The molecule has 0 radical (unpaired) electrons. The molecule has 2 aliphatic heterocycles. The second-order valence-corrected chi connectivity index (χ2v) is 7.08. The molecule has 26 heavy (non-hydrogen) atoms. The van der Waals surface area contributed by atoms with Crippen LogP contribution in [0.3, 0.4) is 0 Å². The minimum atomic E-state index is -0.505. The third kappa shape index (κ3) is 2.77. The summed E-state index contributed by atoms with van der Waals surface area (Å²) in [7, 11) is 4.87. The van der Waals surface area contributed by atoms with Crippen molar-refractivity contribution in [2.24, 2.45) is 5.92 Å². The Morgan fingerprint density at radius 1 is 1.12 bits per heavy atom. The summed E-state index contributed by atoms with van der Waals surface area (Å²) >= 11 is 0. The Morgan fingerprint density at radius 3 is 2.35 bits per heavy atom. The molecule has 0 bridgehead atoms. The van der Waals surface area contributed by atoms with Gasteiger partial charge in [-0.25, -0.2) is 4.79 Å². The Bertz CT molecular complexity index is 778. The van der Waals surface area contributed by atoms with E-state index in [1.807, 2.05) is 17.0 Å². The highest BCUT2D eigenvalue weighted by atomic mass is 16.5. The van der Waals surface area contributed by atoms with Crippen LogP contribution in [-0.4, -0.2) is 56.1 Å². The average molecular weight is 357 g/mol. The number of hydrogen-bond donors (Lipinski definition) is 1. The zero-order valence-electron chi connectivity index (χ0n) is 15.2. The van der Waals surface area contributed by atoms with Gasteiger partial charge in [0, 0.05) is 19.7 Å². The van der Waals surface area contributed by atoms with E-state index >= 15 is 0 Å². The molecule has 1 fully saturated rings. The van der Waals surface area contributed by atoms with Crippen LogP contribution in [0.5, 0.6) is 11.5 Å². The summed E-state index contributed by atoms with van der Waals surface area (Å²) in [6.07, 6.45) is 2.36. The normalized spacial score (nSPS) is 22.5. The quantitative estimate of drug-likeness (QED) is 0.874. The highest BCUT2D eigenvalue weighted by Gasteiger charge is 2.44. The van der Waals surface area contributed by atoms with Gasteiger partial charge in [-0.3, -0.25) is 9.69 Å². The molecule has 1 aromatic carbocycles.